The molecule has 9 atom stereocenters. The Labute approximate surface area is 302 Å². The van der Waals surface area contributed by atoms with Crippen molar-refractivity contribution in [3.63, 3.8) is 0 Å². The van der Waals surface area contributed by atoms with Gasteiger partial charge in [0, 0.05) is 5.92 Å². The Balaban J connectivity index is 1.15. The Kier molecular flexibility index (Phi) is 8.50. The maximum Gasteiger partial charge on any atom is 0.519 e. The van der Waals surface area contributed by atoms with Crippen LogP contribution in [0.3, 0.4) is 0 Å². The highest BCUT2D eigenvalue weighted by molar-refractivity contribution is 5.96. The number of aryl methyl sites for hydroxylation is 1. The zero-order valence-electron chi connectivity index (χ0n) is 31.8. The molecule has 8 heteroatoms. The van der Waals surface area contributed by atoms with Crippen molar-refractivity contribution >= 4 is 17.7 Å². The maximum absolute atomic E-state index is 14.8. The summed E-state index contributed by atoms with van der Waals surface area (Å²) in [5.41, 5.74) is 0.559. The van der Waals surface area contributed by atoms with E-state index >= 15 is 0 Å². The first-order chi connectivity index (χ1) is 23.9. The number of ether oxygens (including phenoxy) is 2. The molecule has 1 heterocycles. The molecule has 0 N–H and O–H groups in total. The van der Waals surface area contributed by atoms with Gasteiger partial charge in [-0.05, 0) is 122 Å². The van der Waals surface area contributed by atoms with Crippen molar-refractivity contribution in [1.29, 1.82) is 0 Å². The molecule has 0 radical (unpaired) electrons. The Morgan fingerprint density at radius 1 is 0.824 bits per heavy atom. The summed E-state index contributed by atoms with van der Waals surface area (Å²) in [6.45, 7) is 17.7. The summed E-state index contributed by atoms with van der Waals surface area (Å²) >= 11 is 0. The van der Waals surface area contributed by atoms with Crippen LogP contribution in [0.4, 0.5) is 0 Å². The molecule has 1 aromatic heterocycles. The molecule has 7 rings (SSSR count). The van der Waals surface area contributed by atoms with Gasteiger partial charge in [0.05, 0.1) is 11.3 Å². The zero-order valence-corrected chi connectivity index (χ0v) is 31.8. The number of carbonyl (C=O) groups excluding carboxylic acids is 3. The lowest BCUT2D eigenvalue weighted by molar-refractivity contribution is -0.200. The Hall–Kier alpha value is -3.42. The summed E-state index contributed by atoms with van der Waals surface area (Å²) in [7, 11) is 0. The minimum absolute atomic E-state index is 0.0348. The Morgan fingerprint density at radius 2 is 1.53 bits per heavy atom. The predicted molar refractivity (Wildman–Crippen MR) is 191 cm³/mol. The third kappa shape index (κ3) is 5.43. The molecule has 4 fully saturated rings. The van der Waals surface area contributed by atoms with E-state index in [0.717, 1.165) is 50.5 Å². The van der Waals surface area contributed by atoms with Crippen molar-refractivity contribution in [2.24, 2.45) is 56.2 Å². The van der Waals surface area contributed by atoms with Crippen molar-refractivity contribution in [3.8, 4) is 0 Å². The minimum atomic E-state index is -0.804. The molecule has 1 aromatic carbocycles. The lowest BCUT2D eigenvalue weighted by atomic mass is 9.33. The van der Waals surface area contributed by atoms with E-state index in [1.54, 1.807) is 6.92 Å². The quantitative estimate of drug-likeness (QED) is 0.275. The molecule has 0 amide bonds. The fraction of sp³-hybridized carbons (Fsp3) is 0.674. The van der Waals surface area contributed by atoms with E-state index in [9.17, 15) is 19.2 Å². The maximum atomic E-state index is 14.8. The van der Waals surface area contributed by atoms with Crippen LogP contribution in [0.25, 0.3) is 0 Å². The number of benzene rings is 1. The molecule has 51 heavy (non-hydrogen) atoms. The second-order valence-electron chi connectivity index (χ2n) is 18.8. The first-order valence-electron chi connectivity index (χ1n) is 19.1. The predicted octanol–water partition coefficient (Wildman–Crippen LogP) is 8.92. The van der Waals surface area contributed by atoms with Crippen LogP contribution in [-0.2, 0) is 37.1 Å². The lowest BCUT2D eigenvalue weighted by Gasteiger charge is -2.70. The first-order valence-corrected chi connectivity index (χ1v) is 19.1. The summed E-state index contributed by atoms with van der Waals surface area (Å²) < 4.78 is 21.7. The molecule has 2 aromatic rings. The Morgan fingerprint density at radius 3 is 2.22 bits per heavy atom. The van der Waals surface area contributed by atoms with Crippen molar-refractivity contribution in [1.82, 2.24) is 0 Å². The van der Waals surface area contributed by atoms with E-state index < -0.39 is 16.7 Å². The SMILES string of the molecule is Cc1oc(=O)oc1COC(=O)[C@H]1CC[C@@]2(C)C(CC[C@]3(C)[C@@H]2C(=O)C=C2[C@@H]4C[C@@](C)(C(=O)OCc5ccccc5)CC[C@]4(C)CC[C@]23C)C1(C)C. The van der Waals surface area contributed by atoms with Crippen molar-refractivity contribution < 1.29 is 32.7 Å². The molecule has 0 aliphatic heterocycles. The van der Waals surface area contributed by atoms with Crippen LogP contribution in [-0.4, -0.2) is 17.7 Å². The first kappa shape index (κ1) is 36.0. The normalized spacial score (nSPS) is 39.8. The van der Waals surface area contributed by atoms with Gasteiger partial charge in [-0.25, -0.2) is 4.79 Å². The van der Waals surface area contributed by atoms with Crippen LogP contribution in [0.1, 0.15) is 123 Å². The second-order valence-corrected chi connectivity index (χ2v) is 18.8. The van der Waals surface area contributed by atoms with Crippen LogP contribution in [0, 0.1) is 63.1 Å². The molecule has 0 spiro atoms. The van der Waals surface area contributed by atoms with E-state index in [-0.39, 0.29) is 82.0 Å². The molecule has 4 saturated carbocycles. The van der Waals surface area contributed by atoms with Gasteiger partial charge in [-0.1, -0.05) is 77.4 Å². The molecule has 1 unspecified atom stereocenters. The summed E-state index contributed by atoms with van der Waals surface area (Å²) in [4.78, 5) is 53.8. The van der Waals surface area contributed by atoms with Gasteiger partial charge in [0.1, 0.15) is 6.61 Å². The molecule has 5 aliphatic carbocycles. The summed E-state index contributed by atoms with van der Waals surface area (Å²) in [5, 5.41) is 0. The van der Waals surface area contributed by atoms with Crippen LogP contribution < -0.4 is 5.82 Å². The zero-order chi connectivity index (χ0) is 36.8. The third-order valence-corrected chi connectivity index (χ3v) is 15.8. The number of carbonyl (C=O) groups is 3. The molecule has 276 valence electrons. The number of ketones is 1. The van der Waals surface area contributed by atoms with Gasteiger partial charge in [-0.2, -0.15) is 0 Å². The highest BCUT2D eigenvalue weighted by atomic mass is 16.6. The fourth-order valence-electron chi connectivity index (χ4n) is 12.4. The van der Waals surface area contributed by atoms with Gasteiger partial charge >= 0.3 is 17.8 Å². The van der Waals surface area contributed by atoms with Crippen molar-refractivity contribution in [2.45, 2.75) is 126 Å². The highest BCUT2D eigenvalue weighted by Gasteiger charge is 2.70. The number of allylic oxidation sites excluding steroid dienone is 2. The highest BCUT2D eigenvalue weighted by Crippen LogP contribution is 2.75. The van der Waals surface area contributed by atoms with Crippen molar-refractivity contribution in [3.05, 3.63) is 69.7 Å². The van der Waals surface area contributed by atoms with E-state index in [4.69, 9.17) is 18.3 Å². The third-order valence-electron chi connectivity index (χ3n) is 15.8. The largest absolute Gasteiger partial charge is 0.519 e. The van der Waals surface area contributed by atoms with Crippen LogP contribution in [0.2, 0.25) is 0 Å². The van der Waals surface area contributed by atoms with Crippen LogP contribution in [0.15, 0.2) is 55.6 Å². The lowest BCUT2D eigenvalue weighted by Crippen LogP contribution is -2.66. The van der Waals surface area contributed by atoms with E-state index in [0.29, 0.717) is 18.6 Å². The molecular formula is C43H56O8. The number of rotatable bonds is 6. The molecule has 5 aliphatic rings. The molecule has 8 nitrogen and oxygen atoms in total. The van der Waals surface area contributed by atoms with Gasteiger partial charge in [0.25, 0.3) is 0 Å². The minimum Gasteiger partial charge on any atom is -0.460 e. The van der Waals surface area contributed by atoms with E-state index in [1.165, 1.54) is 5.57 Å². The van der Waals surface area contributed by atoms with Crippen molar-refractivity contribution in [2.75, 3.05) is 0 Å². The number of esters is 2. The topological polar surface area (TPSA) is 113 Å². The number of fused-ring (bicyclic) bond motifs is 7. The van der Waals surface area contributed by atoms with Gasteiger partial charge in [0.15, 0.2) is 23.9 Å². The Bertz CT molecular complexity index is 1820. The van der Waals surface area contributed by atoms with Crippen LogP contribution >= 0.6 is 0 Å². The standard InChI is InChI=1S/C43H56O8/c1-26-32(51-37(47)50-26)25-48-35(45)28-14-16-41(6)33(38(28,2)3)15-17-43(8)34(41)31(44)22-29-30-23-40(5,19-18-39(30,4)20-21-42(29,43)7)36(46)49-24-27-12-10-9-11-13-27/h9-13,22,28,30,33-34H,14-21,23-25H2,1-8H3/t28-,30+,33?,34-,39-,40+,41+,42-,43-/m1/s1. The van der Waals surface area contributed by atoms with Gasteiger partial charge < -0.3 is 18.3 Å². The molecular weight excluding hydrogens is 644 g/mol. The molecule has 0 saturated heterocycles. The fourth-order valence-corrected chi connectivity index (χ4v) is 12.4. The number of hydrogen-bond acceptors (Lipinski definition) is 8. The van der Waals surface area contributed by atoms with E-state index in [1.807, 2.05) is 36.4 Å². The monoisotopic (exact) mass is 700 g/mol. The van der Waals surface area contributed by atoms with Crippen LogP contribution in [0.5, 0.6) is 0 Å². The molecule has 0 bridgehead atoms. The summed E-state index contributed by atoms with van der Waals surface area (Å²) in [6.07, 6.45) is 9.80. The van der Waals surface area contributed by atoms with Gasteiger partial charge in [-0.3, -0.25) is 14.4 Å². The van der Waals surface area contributed by atoms with Gasteiger partial charge in [0.2, 0.25) is 0 Å². The second kappa shape index (κ2) is 12.1. The van der Waals surface area contributed by atoms with E-state index in [2.05, 4.69) is 48.5 Å². The summed E-state index contributed by atoms with van der Waals surface area (Å²) in [6, 6.07) is 9.85. The van der Waals surface area contributed by atoms with Gasteiger partial charge in [-0.15, -0.1) is 0 Å². The smallest absolute Gasteiger partial charge is 0.460 e. The summed E-state index contributed by atoms with van der Waals surface area (Å²) in [5.74, 6) is -0.675. The number of hydrogen-bond donors (Lipinski definition) is 0. The average Bonchev–Trinajstić information content (AvgIpc) is 3.40. The average molecular weight is 701 g/mol.